The molecule has 32 heavy (non-hydrogen) atoms. The normalized spacial score (nSPS) is 14.5. The highest BCUT2D eigenvalue weighted by Crippen LogP contribution is 2.15. The number of hydrogen-bond donors (Lipinski definition) is 1. The van der Waals surface area contributed by atoms with E-state index >= 15 is 0 Å². The molecule has 0 unspecified atom stereocenters. The van der Waals surface area contributed by atoms with Gasteiger partial charge in [0, 0.05) is 49.4 Å². The molecular formula is C24H29N5O2S. The number of carbonyl (C=O) groups excluding carboxylic acids is 2. The summed E-state index contributed by atoms with van der Waals surface area (Å²) in [6, 6.07) is 12.1. The second-order valence-electron chi connectivity index (χ2n) is 8.15. The van der Waals surface area contributed by atoms with Gasteiger partial charge < -0.3 is 10.2 Å². The Kier molecular flexibility index (Phi) is 7.02. The molecule has 0 radical (unpaired) electrons. The summed E-state index contributed by atoms with van der Waals surface area (Å²) >= 11 is 1.53. The van der Waals surface area contributed by atoms with Crippen LogP contribution in [0.25, 0.3) is 0 Å². The van der Waals surface area contributed by atoms with Crippen molar-refractivity contribution in [3.63, 3.8) is 0 Å². The quantitative estimate of drug-likeness (QED) is 0.600. The molecule has 1 saturated heterocycles. The van der Waals surface area contributed by atoms with E-state index in [1.54, 1.807) is 0 Å². The third-order valence-corrected chi connectivity index (χ3v) is 6.65. The maximum absolute atomic E-state index is 12.5. The van der Waals surface area contributed by atoms with Crippen LogP contribution in [0.4, 0.5) is 0 Å². The van der Waals surface area contributed by atoms with Gasteiger partial charge in [-0.25, -0.2) is 0 Å². The summed E-state index contributed by atoms with van der Waals surface area (Å²) < 4.78 is 2.00. The lowest BCUT2D eigenvalue weighted by molar-refractivity contribution is -0.122. The van der Waals surface area contributed by atoms with Crippen molar-refractivity contribution in [1.29, 1.82) is 0 Å². The highest BCUT2D eigenvalue weighted by Gasteiger charge is 2.23. The smallest absolute Gasteiger partial charge is 0.254 e. The van der Waals surface area contributed by atoms with Crippen molar-refractivity contribution in [2.75, 3.05) is 32.7 Å². The second kappa shape index (κ2) is 10.1. The van der Waals surface area contributed by atoms with Crippen LogP contribution in [0.5, 0.6) is 0 Å². The fourth-order valence-electron chi connectivity index (χ4n) is 4.02. The van der Waals surface area contributed by atoms with E-state index in [4.69, 9.17) is 0 Å². The number of carbonyl (C=O) groups is 2. The van der Waals surface area contributed by atoms with Crippen LogP contribution in [-0.4, -0.2) is 64.1 Å². The number of benzene rings is 1. The first-order valence-electron chi connectivity index (χ1n) is 10.9. The predicted molar refractivity (Wildman–Crippen MR) is 126 cm³/mol. The first-order chi connectivity index (χ1) is 15.5. The number of rotatable bonds is 7. The molecule has 1 N–H and O–H groups in total. The minimum absolute atomic E-state index is 0.00257. The van der Waals surface area contributed by atoms with Gasteiger partial charge in [-0.05, 0) is 30.9 Å². The molecule has 168 valence electrons. The van der Waals surface area contributed by atoms with Crippen molar-refractivity contribution < 1.29 is 9.59 Å². The molecule has 2 aromatic heterocycles. The predicted octanol–water partition coefficient (Wildman–Crippen LogP) is 2.68. The van der Waals surface area contributed by atoms with Crippen LogP contribution in [0.1, 0.15) is 32.9 Å². The maximum atomic E-state index is 12.5. The first kappa shape index (κ1) is 22.2. The van der Waals surface area contributed by atoms with E-state index in [9.17, 15) is 9.59 Å². The summed E-state index contributed by atoms with van der Waals surface area (Å²) in [7, 11) is 0. The second-order valence-corrected chi connectivity index (χ2v) is 8.93. The van der Waals surface area contributed by atoms with E-state index in [1.165, 1.54) is 16.9 Å². The Labute approximate surface area is 192 Å². The number of nitrogens with zero attached hydrogens (tertiary/aromatic N) is 4. The summed E-state index contributed by atoms with van der Waals surface area (Å²) in [5.41, 5.74) is 5.04. The number of piperazine rings is 1. The van der Waals surface area contributed by atoms with Crippen molar-refractivity contribution in [1.82, 2.24) is 24.9 Å². The lowest BCUT2D eigenvalue weighted by Gasteiger charge is -2.34. The van der Waals surface area contributed by atoms with Crippen molar-refractivity contribution in [2.24, 2.45) is 0 Å². The summed E-state index contributed by atoms with van der Waals surface area (Å²) in [4.78, 5) is 29.0. The largest absolute Gasteiger partial charge is 0.351 e. The van der Waals surface area contributed by atoms with E-state index < -0.39 is 0 Å². The molecule has 3 aromatic rings. The molecule has 0 aliphatic carbocycles. The van der Waals surface area contributed by atoms with Gasteiger partial charge in [-0.1, -0.05) is 30.3 Å². The van der Waals surface area contributed by atoms with Gasteiger partial charge in [0.15, 0.2) is 0 Å². The Morgan fingerprint density at radius 3 is 2.50 bits per heavy atom. The Balaban J connectivity index is 1.25. The zero-order valence-electron chi connectivity index (χ0n) is 18.6. The van der Waals surface area contributed by atoms with E-state index in [1.807, 2.05) is 58.5 Å². The van der Waals surface area contributed by atoms with Crippen LogP contribution in [-0.2, 0) is 17.9 Å². The topological polar surface area (TPSA) is 70.5 Å². The van der Waals surface area contributed by atoms with Gasteiger partial charge in [0.1, 0.15) is 0 Å². The third kappa shape index (κ3) is 5.26. The SMILES string of the molecule is Cc1nn(Cc2ccccc2)c(C)c1CNC(=O)CN1CCN(C(=O)c2ccsc2)CC1. The van der Waals surface area contributed by atoms with Gasteiger partial charge in [0.25, 0.3) is 5.91 Å². The van der Waals surface area contributed by atoms with E-state index in [2.05, 4.69) is 27.4 Å². The third-order valence-electron chi connectivity index (χ3n) is 5.96. The molecule has 0 atom stereocenters. The van der Waals surface area contributed by atoms with Crippen molar-refractivity contribution in [3.05, 3.63) is 75.2 Å². The van der Waals surface area contributed by atoms with Gasteiger partial charge in [0.2, 0.25) is 5.91 Å². The Morgan fingerprint density at radius 2 is 1.81 bits per heavy atom. The summed E-state index contributed by atoms with van der Waals surface area (Å²) in [6.45, 7) is 8.27. The zero-order chi connectivity index (χ0) is 22.5. The summed E-state index contributed by atoms with van der Waals surface area (Å²) in [6.07, 6.45) is 0. The molecule has 3 heterocycles. The molecule has 1 aromatic carbocycles. The highest BCUT2D eigenvalue weighted by atomic mass is 32.1. The van der Waals surface area contributed by atoms with Crippen LogP contribution in [0, 0.1) is 13.8 Å². The van der Waals surface area contributed by atoms with Crippen LogP contribution in [0.15, 0.2) is 47.2 Å². The molecule has 4 rings (SSSR count). The lowest BCUT2D eigenvalue weighted by Crippen LogP contribution is -2.51. The van der Waals surface area contributed by atoms with Gasteiger partial charge in [-0.15, -0.1) is 0 Å². The zero-order valence-corrected chi connectivity index (χ0v) is 19.4. The average Bonchev–Trinajstić information content (AvgIpc) is 3.42. The van der Waals surface area contributed by atoms with E-state index in [-0.39, 0.29) is 11.8 Å². The fraction of sp³-hybridized carbons (Fsp3) is 0.375. The monoisotopic (exact) mass is 451 g/mol. The molecule has 0 bridgehead atoms. The number of nitrogens with one attached hydrogen (secondary N) is 1. The number of aromatic nitrogens is 2. The Hall–Kier alpha value is -2.97. The summed E-state index contributed by atoms with van der Waals surface area (Å²) in [5.74, 6) is 0.0750. The van der Waals surface area contributed by atoms with Crippen molar-refractivity contribution in [2.45, 2.75) is 26.9 Å². The standard InChI is InChI=1S/C24H29N5O2S/c1-18-22(19(2)29(26-18)15-20-6-4-3-5-7-20)14-25-23(30)16-27-9-11-28(12-10-27)24(31)21-8-13-32-17-21/h3-8,13,17H,9-12,14-16H2,1-2H3,(H,25,30). The molecule has 7 nitrogen and oxygen atoms in total. The maximum Gasteiger partial charge on any atom is 0.254 e. The lowest BCUT2D eigenvalue weighted by atomic mass is 10.2. The molecule has 1 aliphatic heterocycles. The van der Waals surface area contributed by atoms with E-state index in [0.29, 0.717) is 39.3 Å². The molecule has 1 fully saturated rings. The molecule has 0 spiro atoms. The Morgan fingerprint density at radius 1 is 1.06 bits per heavy atom. The van der Waals surface area contributed by atoms with Crippen molar-refractivity contribution >= 4 is 23.2 Å². The highest BCUT2D eigenvalue weighted by molar-refractivity contribution is 7.08. The molecule has 1 aliphatic rings. The number of aryl methyl sites for hydroxylation is 1. The minimum Gasteiger partial charge on any atom is -0.351 e. The number of hydrogen-bond acceptors (Lipinski definition) is 5. The molecule has 2 amide bonds. The molecule has 8 heteroatoms. The molecule has 0 saturated carbocycles. The van der Waals surface area contributed by atoms with Crippen LogP contribution >= 0.6 is 11.3 Å². The Bertz CT molecular complexity index is 1050. The van der Waals surface area contributed by atoms with Gasteiger partial charge in [-0.3, -0.25) is 19.2 Å². The first-order valence-corrected chi connectivity index (χ1v) is 11.8. The van der Waals surface area contributed by atoms with Gasteiger partial charge in [0.05, 0.1) is 24.3 Å². The van der Waals surface area contributed by atoms with Crippen LogP contribution < -0.4 is 5.32 Å². The van der Waals surface area contributed by atoms with Crippen LogP contribution in [0.2, 0.25) is 0 Å². The van der Waals surface area contributed by atoms with Gasteiger partial charge >= 0.3 is 0 Å². The summed E-state index contributed by atoms with van der Waals surface area (Å²) in [5, 5.41) is 11.5. The number of amides is 2. The fourth-order valence-corrected chi connectivity index (χ4v) is 4.65. The number of thiophene rings is 1. The van der Waals surface area contributed by atoms with E-state index in [0.717, 1.165) is 29.1 Å². The average molecular weight is 452 g/mol. The molecular weight excluding hydrogens is 422 g/mol. The minimum atomic E-state index is -0.00257. The van der Waals surface area contributed by atoms with Crippen LogP contribution in [0.3, 0.4) is 0 Å². The van der Waals surface area contributed by atoms with Gasteiger partial charge in [-0.2, -0.15) is 16.4 Å². The van der Waals surface area contributed by atoms with Crippen molar-refractivity contribution in [3.8, 4) is 0 Å².